The van der Waals surface area contributed by atoms with Crippen LogP contribution in [-0.4, -0.2) is 24.6 Å². The second-order valence-corrected chi connectivity index (χ2v) is 10.4. The normalized spacial score (nSPS) is 13.9. The lowest BCUT2D eigenvalue weighted by atomic mass is 10.00. The van der Waals surface area contributed by atoms with Crippen LogP contribution >= 0.6 is 0 Å². The van der Waals surface area contributed by atoms with E-state index in [2.05, 4.69) is 0 Å². The summed E-state index contributed by atoms with van der Waals surface area (Å²) in [5.74, 6) is 0.419. The fourth-order valence-corrected chi connectivity index (χ4v) is 5.31. The van der Waals surface area contributed by atoms with Crippen molar-refractivity contribution in [1.82, 2.24) is 0 Å². The minimum atomic E-state index is -0.526. The molecular weight excluding hydrogens is 540 g/mol. The fourth-order valence-electron chi connectivity index (χ4n) is 5.31. The predicted molar refractivity (Wildman–Crippen MR) is 165 cm³/mol. The molecule has 1 heterocycles. The SMILES string of the molecule is C[C@@H]1COc2cccc(OC(=O)c3ccc4ccccc4c3)c2-c2c(OC(=O)c3ccc4ccccc4c3)cccc2O1. The summed E-state index contributed by atoms with van der Waals surface area (Å²) in [6.45, 7) is 2.17. The number of fused-ring (bicyclic) bond motifs is 5. The molecule has 6 heteroatoms. The third-order valence-electron chi connectivity index (χ3n) is 7.40. The molecule has 1 aliphatic heterocycles. The highest BCUT2D eigenvalue weighted by Crippen LogP contribution is 2.49. The van der Waals surface area contributed by atoms with Crippen LogP contribution < -0.4 is 18.9 Å². The van der Waals surface area contributed by atoms with Gasteiger partial charge in [-0.05, 0) is 77.0 Å². The number of benzene rings is 6. The molecular formula is C37H26O6. The Bertz CT molecular complexity index is 2030. The average molecular weight is 567 g/mol. The molecule has 0 spiro atoms. The van der Waals surface area contributed by atoms with Gasteiger partial charge in [-0.3, -0.25) is 0 Å². The van der Waals surface area contributed by atoms with Gasteiger partial charge in [-0.2, -0.15) is 0 Å². The van der Waals surface area contributed by atoms with Crippen LogP contribution in [0.2, 0.25) is 0 Å². The number of carbonyl (C=O) groups is 2. The zero-order chi connectivity index (χ0) is 29.3. The molecule has 0 N–H and O–H groups in total. The molecule has 43 heavy (non-hydrogen) atoms. The number of hydrogen-bond acceptors (Lipinski definition) is 6. The average Bonchev–Trinajstić information content (AvgIpc) is 3.03. The van der Waals surface area contributed by atoms with Gasteiger partial charge in [-0.1, -0.05) is 72.8 Å². The highest BCUT2D eigenvalue weighted by molar-refractivity contribution is 5.99. The van der Waals surface area contributed by atoms with Gasteiger partial charge in [0.15, 0.2) is 0 Å². The molecule has 6 aromatic carbocycles. The quantitative estimate of drug-likeness (QED) is 0.158. The Morgan fingerprint density at radius 1 is 0.581 bits per heavy atom. The van der Waals surface area contributed by atoms with Crippen molar-refractivity contribution in [3.8, 4) is 34.1 Å². The van der Waals surface area contributed by atoms with Crippen molar-refractivity contribution in [2.75, 3.05) is 6.61 Å². The van der Waals surface area contributed by atoms with Gasteiger partial charge in [0.2, 0.25) is 0 Å². The lowest BCUT2D eigenvalue weighted by molar-refractivity contribution is 0.0721. The standard InChI is InChI=1S/C37H26O6/c1-23-22-40-30-12-6-14-32(42-36(38)28-18-16-24-8-2-4-10-26(24)20-28)34(30)35-31(41-23)13-7-15-33(35)43-37(39)29-19-17-25-9-3-5-11-27(25)21-29/h2-21,23H,22H2,1H3/t23-/m1/s1. The summed E-state index contributed by atoms with van der Waals surface area (Å²) in [6.07, 6.45) is -0.290. The van der Waals surface area contributed by atoms with Crippen LogP contribution in [0.25, 0.3) is 32.7 Å². The van der Waals surface area contributed by atoms with Gasteiger partial charge in [0.25, 0.3) is 0 Å². The zero-order valence-electron chi connectivity index (χ0n) is 23.3. The molecule has 210 valence electrons. The van der Waals surface area contributed by atoms with E-state index in [1.807, 2.05) is 67.6 Å². The summed E-state index contributed by atoms with van der Waals surface area (Å²) in [7, 11) is 0. The first kappa shape index (κ1) is 26.3. The van der Waals surface area contributed by atoms with Gasteiger partial charge in [0.1, 0.15) is 35.7 Å². The maximum Gasteiger partial charge on any atom is 0.343 e. The first-order valence-electron chi connectivity index (χ1n) is 14.0. The maximum atomic E-state index is 13.4. The number of rotatable bonds is 4. The van der Waals surface area contributed by atoms with E-state index in [4.69, 9.17) is 18.9 Å². The molecule has 0 amide bonds. The smallest absolute Gasteiger partial charge is 0.343 e. The summed E-state index contributed by atoms with van der Waals surface area (Å²) < 4.78 is 24.4. The molecule has 0 saturated heterocycles. The lowest BCUT2D eigenvalue weighted by Gasteiger charge is -2.26. The highest BCUT2D eigenvalue weighted by Gasteiger charge is 2.28. The van der Waals surface area contributed by atoms with Crippen LogP contribution in [0.5, 0.6) is 23.0 Å². The van der Waals surface area contributed by atoms with E-state index in [0.717, 1.165) is 21.5 Å². The van der Waals surface area contributed by atoms with Gasteiger partial charge >= 0.3 is 11.9 Å². The molecule has 6 aromatic rings. The molecule has 0 fully saturated rings. The summed E-state index contributed by atoms with van der Waals surface area (Å²) in [5, 5.41) is 3.91. The van der Waals surface area contributed by atoms with Crippen LogP contribution in [0.1, 0.15) is 27.6 Å². The molecule has 6 nitrogen and oxygen atoms in total. The summed E-state index contributed by atoms with van der Waals surface area (Å²) in [4.78, 5) is 26.9. The van der Waals surface area contributed by atoms with Gasteiger partial charge < -0.3 is 18.9 Å². The van der Waals surface area contributed by atoms with E-state index in [-0.39, 0.29) is 24.2 Å². The molecule has 0 aromatic heterocycles. The monoisotopic (exact) mass is 566 g/mol. The Morgan fingerprint density at radius 2 is 1.07 bits per heavy atom. The van der Waals surface area contributed by atoms with Crippen molar-refractivity contribution in [3.63, 3.8) is 0 Å². The third kappa shape index (κ3) is 5.15. The van der Waals surface area contributed by atoms with Gasteiger partial charge in [-0.15, -0.1) is 0 Å². The van der Waals surface area contributed by atoms with Crippen molar-refractivity contribution < 1.29 is 28.5 Å². The highest BCUT2D eigenvalue weighted by atomic mass is 16.6. The van der Waals surface area contributed by atoms with Crippen LogP contribution in [0.3, 0.4) is 0 Å². The van der Waals surface area contributed by atoms with E-state index in [1.165, 1.54) is 0 Å². The molecule has 0 saturated carbocycles. The van der Waals surface area contributed by atoms with Gasteiger partial charge in [-0.25, -0.2) is 9.59 Å². The van der Waals surface area contributed by atoms with Crippen LogP contribution in [0.4, 0.5) is 0 Å². The summed E-state index contributed by atoms with van der Waals surface area (Å²) in [6, 6.07) is 37.0. The zero-order valence-corrected chi connectivity index (χ0v) is 23.3. The fraction of sp³-hybridized carbons (Fsp3) is 0.0811. The van der Waals surface area contributed by atoms with Gasteiger partial charge in [0, 0.05) is 0 Å². The van der Waals surface area contributed by atoms with Crippen molar-refractivity contribution in [3.05, 3.63) is 132 Å². The van der Waals surface area contributed by atoms with Crippen LogP contribution in [0, 0.1) is 0 Å². The molecule has 1 atom stereocenters. The van der Waals surface area contributed by atoms with Crippen molar-refractivity contribution in [1.29, 1.82) is 0 Å². The van der Waals surface area contributed by atoms with E-state index in [0.29, 0.717) is 33.8 Å². The second kappa shape index (κ2) is 11.0. The van der Waals surface area contributed by atoms with E-state index in [9.17, 15) is 9.59 Å². The first-order valence-corrected chi connectivity index (χ1v) is 14.0. The van der Waals surface area contributed by atoms with Crippen molar-refractivity contribution in [2.24, 2.45) is 0 Å². The Balaban J connectivity index is 1.29. The number of hydrogen-bond donors (Lipinski definition) is 0. The van der Waals surface area contributed by atoms with E-state index in [1.54, 1.807) is 60.7 Å². The van der Waals surface area contributed by atoms with E-state index >= 15 is 0 Å². The lowest BCUT2D eigenvalue weighted by Crippen LogP contribution is -2.23. The number of carbonyl (C=O) groups excluding carboxylic acids is 2. The molecule has 0 unspecified atom stereocenters. The van der Waals surface area contributed by atoms with Crippen LogP contribution in [0.15, 0.2) is 121 Å². The maximum absolute atomic E-state index is 13.4. The number of esters is 2. The predicted octanol–water partition coefficient (Wildman–Crippen LogP) is 8.26. The van der Waals surface area contributed by atoms with Crippen molar-refractivity contribution in [2.45, 2.75) is 13.0 Å². The number of ether oxygens (including phenoxy) is 4. The van der Waals surface area contributed by atoms with Crippen LogP contribution in [-0.2, 0) is 0 Å². The minimum Gasteiger partial charge on any atom is -0.489 e. The molecule has 0 aliphatic carbocycles. The Hall–Kier alpha value is -5.62. The largest absolute Gasteiger partial charge is 0.489 e. The Morgan fingerprint density at radius 3 is 1.63 bits per heavy atom. The van der Waals surface area contributed by atoms with Crippen molar-refractivity contribution >= 4 is 33.5 Å². The molecule has 1 aliphatic rings. The summed E-state index contributed by atoms with van der Waals surface area (Å²) >= 11 is 0. The minimum absolute atomic E-state index is 0.254. The third-order valence-corrected chi connectivity index (χ3v) is 7.40. The van der Waals surface area contributed by atoms with E-state index < -0.39 is 11.9 Å². The Kier molecular flexibility index (Phi) is 6.72. The summed E-state index contributed by atoms with van der Waals surface area (Å²) in [5.41, 5.74) is 1.73. The molecule has 0 radical (unpaired) electrons. The van der Waals surface area contributed by atoms with Gasteiger partial charge in [0.05, 0.1) is 22.3 Å². The molecule has 7 rings (SSSR count). The topological polar surface area (TPSA) is 71.1 Å². The molecule has 0 bridgehead atoms. The first-order chi connectivity index (χ1) is 21.0. The second-order valence-electron chi connectivity index (χ2n) is 10.4. The Labute approximate surface area is 248 Å².